The Kier molecular flexibility index (Phi) is 8.31. The third kappa shape index (κ3) is 5.80. The Morgan fingerprint density at radius 3 is 2.11 bits per heavy atom. The summed E-state index contributed by atoms with van der Waals surface area (Å²) in [6.07, 6.45) is 0. The van der Waals surface area contributed by atoms with Crippen molar-refractivity contribution in [3.05, 3.63) is 83.4 Å². The lowest BCUT2D eigenvalue weighted by molar-refractivity contribution is -0.130. The van der Waals surface area contributed by atoms with Gasteiger partial charge in [0, 0.05) is 26.2 Å². The molecule has 0 aromatic heterocycles. The third-order valence-electron chi connectivity index (χ3n) is 6.28. The van der Waals surface area contributed by atoms with Crippen molar-refractivity contribution in [2.75, 3.05) is 44.1 Å². The molecular weight excluding hydrogens is 550 g/mol. The molecule has 3 aromatic rings. The van der Waals surface area contributed by atoms with Crippen LogP contribution in [0.2, 0.25) is 5.02 Å². The zero-order chi connectivity index (χ0) is 27.5. The highest BCUT2D eigenvalue weighted by Crippen LogP contribution is 2.32. The Morgan fingerprint density at radius 2 is 1.53 bits per heavy atom. The van der Waals surface area contributed by atoms with E-state index in [1.165, 1.54) is 46.6 Å². The van der Waals surface area contributed by atoms with Crippen LogP contribution in [0.1, 0.15) is 5.56 Å². The second kappa shape index (κ2) is 11.3. The molecule has 0 N–H and O–H groups in total. The molecule has 0 radical (unpaired) electrons. The van der Waals surface area contributed by atoms with Gasteiger partial charge in [-0.2, -0.15) is 4.31 Å². The molecule has 0 unspecified atom stereocenters. The summed E-state index contributed by atoms with van der Waals surface area (Å²) in [5.41, 5.74) is 1.15. The largest absolute Gasteiger partial charge is 0.495 e. The van der Waals surface area contributed by atoms with Crippen molar-refractivity contribution in [1.82, 2.24) is 9.21 Å². The molecule has 202 valence electrons. The highest BCUT2D eigenvalue weighted by Gasteiger charge is 2.33. The minimum absolute atomic E-state index is 0.0220. The molecule has 0 aliphatic carbocycles. The van der Waals surface area contributed by atoms with E-state index in [1.807, 2.05) is 6.92 Å². The molecule has 1 amide bonds. The lowest BCUT2D eigenvalue weighted by Crippen LogP contribution is -2.53. The van der Waals surface area contributed by atoms with Crippen molar-refractivity contribution in [3.63, 3.8) is 0 Å². The number of piperazine rings is 1. The van der Waals surface area contributed by atoms with Crippen LogP contribution in [-0.4, -0.2) is 71.8 Å². The zero-order valence-electron chi connectivity index (χ0n) is 20.9. The summed E-state index contributed by atoms with van der Waals surface area (Å²) in [4.78, 5) is 15.0. The maximum Gasteiger partial charge on any atom is 0.264 e. The fourth-order valence-corrected chi connectivity index (χ4v) is 7.21. The van der Waals surface area contributed by atoms with Crippen molar-refractivity contribution in [2.45, 2.75) is 16.7 Å². The smallest absolute Gasteiger partial charge is 0.264 e. The first-order valence-corrected chi connectivity index (χ1v) is 15.1. The Bertz CT molecular complexity index is 1510. The monoisotopic (exact) mass is 577 g/mol. The molecule has 0 saturated carbocycles. The Morgan fingerprint density at radius 1 is 0.895 bits per heavy atom. The topological polar surface area (TPSA) is 104 Å². The molecule has 1 saturated heterocycles. The van der Waals surface area contributed by atoms with Gasteiger partial charge in [0.2, 0.25) is 15.9 Å². The second-order valence-corrected chi connectivity index (χ2v) is 12.9. The zero-order valence-corrected chi connectivity index (χ0v) is 23.3. The number of aryl methyl sites for hydroxylation is 1. The number of nitrogens with zero attached hydrogens (tertiary/aromatic N) is 3. The Labute approximate surface area is 228 Å². The van der Waals surface area contributed by atoms with E-state index in [0.717, 1.165) is 9.87 Å². The number of hydrogen-bond acceptors (Lipinski definition) is 6. The van der Waals surface area contributed by atoms with Gasteiger partial charge in [-0.1, -0.05) is 47.5 Å². The van der Waals surface area contributed by atoms with Crippen molar-refractivity contribution in [2.24, 2.45) is 0 Å². The molecule has 0 atom stereocenters. The lowest BCUT2D eigenvalue weighted by Gasteiger charge is -2.35. The van der Waals surface area contributed by atoms with E-state index in [1.54, 1.807) is 42.5 Å². The molecule has 3 aromatic carbocycles. The van der Waals surface area contributed by atoms with E-state index >= 15 is 0 Å². The van der Waals surface area contributed by atoms with Gasteiger partial charge in [0.25, 0.3) is 10.0 Å². The first-order valence-electron chi connectivity index (χ1n) is 11.8. The molecule has 12 heteroatoms. The summed E-state index contributed by atoms with van der Waals surface area (Å²) < 4.78 is 60.7. The lowest BCUT2D eigenvalue weighted by atomic mass is 10.2. The van der Waals surface area contributed by atoms with E-state index < -0.39 is 32.5 Å². The highest BCUT2D eigenvalue weighted by molar-refractivity contribution is 7.92. The molecule has 1 heterocycles. The van der Waals surface area contributed by atoms with Crippen LogP contribution in [0.15, 0.2) is 82.6 Å². The predicted molar refractivity (Wildman–Crippen MR) is 145 cm³/mol. The number of sulfonamides is 2. The quantitative estimate of drug-likeness (QED) is 0.406. The number of carbonyl (C=O) groups is 1. The van der Waals surface area contributed by atoms with Crippen molar-refractivity contribution >= 4 is 43.2 Å². The minimum Gasteiger partial charge on any atom is -0.495 e. The number of carbonyl (C=O) groups excluding carboxylic acids is 1. The first kappa shape index (κ1) is 27.9. The number of hydrogen-bond donors (Lipinski definition) is 0. The normalized spacial score (nSPS) is 14.8. The SMILES string of the molecule is COc1ccc(N(CC(=O)N2CCN(S(=O)(=O)c3ccc(C)cc3)CC2)S(=O)(=O)c2ccccc2)cc1Cl. The fourth-order valence-electron chi connectivity index (χ4n) is 4.11. The van der Waals surface area contributed by atoms with Crippen LogP contribution in [0.3, 0.4) is 0 Å². The predicted octanol–water partition coefficient (Wildman–Crippen LogP) is 3.39. The van der Waals surface area contributed by atoms with Crippen LogP contribution in [0, 0.1) is 6.92 Å². The summed E-state index contributed by atoms with van der Waals surface area (Å²) in [6, 6.07) is 18.9. The van der Waals surface area contributed by atoms with Crippen molar-refractivity contribution < 1.29 is 26.4 Å². The summed E-state index contributed by atoms with van der Waals surface area (Å²) in [5, 5.41) is 0.195. The minimum atomic E-state index is -4.12. The molecule has 1 fully saturated rings. The number of halogens is 1. The Balaban J connectivity index is 1.54. The van der Waals surface area contributed by atoms with Gasteiger partial charge in [0.15, 0.2) is 0 Å². The molecular formula is C26H28ClN3O6S2. The fraction of sp³-hybridized carbons (Fsp3) is 0.269. The molecule has 1 aliphatic rings. The molecule has 9 nitrogen and oxygen atoms in total. The van der Waals surface area contributed by atoms with Gasteiger partial charge in [-0.05, 0) is 49.4 Å². The van der Waals surface area contributed by atoms with Crippen LogP contribution in [-0.2, 0) is 24.8 Å². The van der Waals surface area contributed by atoms with Gasteiger partial charge in [-0.25, -0.2) is 16.8 Å². The molecule has 0 bridgehead atoms. The van der Waals surface area contributed by atoms with E-state index in [4.69, 9.17) is 16.3 Å². The van der Waals surface area contributed by atoms with Gasteiger partial charge in [-0.3, -0.25) is 9.10 Å². The van der Waals surface area contributed by atoms with Gasteiger partial charge >= 0.3 is 0 Å². The number of anilines is 1. The van der Waals surface area contributed by atoms with Crippen molar-refractivity contribution in [1.29, 1.82) is 0 Å². The van der Waals surface area contributed by atoms with Gasteiger partial charge in [0.05, 0.1) is 27.6 Å². The summed E-state index contributed by atoms with van der Waals surface area (Å²) >= 11 is 6.27. The van der Waals surface area contributed by atoms with E-state index in [9.17, 15) is 21.6 Å². The van der Waals surface area contributed by atoms with Crippen LogP contribution in [0.5, 0.6) is 5.75 Å². The molecule has 0 spiro atoms. The van der Waals surface area contributed by atoms with Crippen LogP contribution >= 0.6 is 11.6 Å². The summed E-state index contributed by atoms with van der Waals surface area (Å²) in [5.74, 6) is -0.0893. The maximum absolute atomic E-state index is 13.6. The van der Waals surface area contributed by atoms with E-state index in [2.05, 4.69) is 0 Å². The number of rotatable bonds is 8. The average Bonchev–Trinajstić information content (AvgIpc) is 2.92. The maximum atomic E-state index is 13.6. The Hall–Kier alpha value is -3.12. The van der Waals surface area contributed by atoms with Gasteiger partial charge in [-0.15, -0.1) is 0 Å². The van der Waals surface area contributed by atoms with Crippen LogP contribution in [0.25, 0.3) is 0 Å². The standard InChI is InChI=1S/C26H28ClN3O6S2/c1-20-8-11-23(12-9-20)37(32,33)29-16-14-28(15-17-29)26(31)19-30(21-10-13-25(36-2)24(27)18-21)38(34,35)22-6-4-3-5-7-22/h3-13,18H,14-17,19H2,1-2H3. The van der Waals surface area contributed by atoms with Gasteiger partial charge < -0.3 is 9.64 Å². The third-order valence-corrected chi connectivity index (χ3v) is 10.3. The number of benzene rings is 3. The molecule has 1 aliphatic heterocycles. The highest BCUT2D eigenvalue weighted by atomic mass is 35.5. The molecule has 38 heavy (non-hydrogen) atoms. The average molecular weight is 578 g/mol. The summed E-state index contributed by atoms with van der Waals surface area (Å²) in [6.45, 7) is 1.86. The van der Waals surface area contributed by atoms with Crippen LogP contribution in [0.4, 0.5) is 5.69 Å². The summed E-state index contributed by atoms with van der Waals surface area (Å²) in [7, 11) is -6.37. The number of amides is 1. The van der Waals surface area contributed by atoms with E-state index in [0.29, 0.717) is 5.75 Å². The first-order chi connectivity index (χ1) is 18.0. The number of ether oxygens (including phenoxy) is 1. The second-order valence-electron chi connectivity index (χ2n) is 8.74. The number of methoxy groups -OCH3 is 1. The molecule has 4 rings (SSSR count). The van der Waals surface area contributed by atoms with Gasteiger partial charge in [0.1, 0.15) is 12.3 Å². The van der Waals surface area contributed by atoms with Crippen molar-refractivity contribution in [3.8, 4) is 5.75 Å². The van der Waals surface area contributed by atoms with E-state index in [-0.39, 0.29) is 46.7 Å². The van der Waals surface area contributed by atoms with Crippen LogP contribution < -0.4 is 9.04 Å².